The molecule has 7 nitrogen and oxygen atoms in total. The van der Waals surface area contributed by atoms with E-state index in [0.717, 1.165) is 61.5 Å². The van der Waals surface area contributed by atoms with E-state index in [9.17, 15) is 9.59 Å². The lowest BCUT2D eigenvalue weighted by atomic mass is 9.96. The van der Waals surface area contributed by atoms with Gasteiger partial charge in [0.05, 0.1) is 13.0 Å². The van der Waals surface area contributed by atoms with Crippen LogP contribution in [0.25, 0.3) is 11.4 Å². The van der Waals surface area contributed by atoms with Gasteiger partial charge < -0.3 is 15.0 Å². The molecule has 0 saturated carbocycles. The molecule has 0 bridgehead atoms. The van der Waals surface area contributed by atoms with E-state index in [1.807, 2.05) is 30.3 Å². The third-order valence-electron chi connectivity index (χ3n) is 5.67. The van der Waals surface area contributed by atoms with Crippen LogP contribution >= 0.6 is 0 Å². The highest BCUT2D eigenvalue weighted by Gasteiger charge is 2.30. The summed E-state index contributed by atoms with van der Waals surface area (Å²) in [5, 5.41) is 2.69. The van der Waals surface area contributed by atoms with Crippen molar-refractivity contribution in [2.45, 2.75) is 32.1 Å². The number of carbonyl (C=O) groups excluding carboxylic acids is 2. The lowest BCUT2D eigenvalue weighted by Gasteiger charge is -2.34. The third kappa shape index (κ3) is 4.23. The Hall–Kier alpha value is -2.96. The van der Waals surface area contributed by atoms with Crippen LogP contribution in [0, 0.1) is 5.92 Å². The molecule has 1 N–H and O–H groups in total. The molecule has 0 unspecified atom stereocenters. The molecule has 29 heavy (non-hydrogen) atoms. The molecule has 2 heterocycles. The minimum absolute atomic E-state index is 0.0904. The van der Waals surface area contributed by atoms with Crippen LogP contribution in [0.3, 0.4) is 0 Å². The number of rotatable bonds is 5. The molecular weight excluding hydrogens is 368 g/mol. The molecule has 2 aromatic rings. The first-order chi connectivity index (χ1) is 14.2. The highest BCUT2D eigenvalue weighted by molar-refractivity contribution is 5.84. The summed E-state index contributed by atoms with van der Waals surface area (Å²) in [4.78, 5) is 35.8. The number of benzene rings is 1. The number of amides is 1. The number of anilines is 1. The van der Waals surface area contributed by atoms with E-state index in [0.29, 0.717) is 6.54 Å². The van der Waals surface area contributed by atoms with Crippen LogP contribution in [0.4, 0.5) is 5.82 Å². The maximum Gasteiger partial charge on any atom is 0.325 e. The van der Waals surface area contributed by atoms with E-state index < -0.39 is 5.97 Å². The first-order valence-electron chi connectivity index (χ1n) is 10.2. The van der Waals surface area contributed by atoms with Gasteiger partial charge in [-0.25, -0.2) is 9.97 Å². The lowest BCUT2D eigenvalue weighted by molar-refractivity contribution is -0.141. The van der Waals surface area contributed by atoms with Gasteiger partial charge in [-0.1, -0.05) is 30.3 Å². The summed E-state index contributed by atoms with van der Waals surface area (Å²) in [6.07, 6.45) is 4.77. The molecule has 152 valence electrons. The molecule has 1 aromatic heterocycles. The van der Waals surface area contributed by atoms with E-state index in [1.54, 1.807) is 0 Å². The van der Waals surface area contributed by atoms with Crippen molar-refractivity contribution in [2.24, 2.45) is 5.92 Å². The predicted octanol–water partition coefficient (Wildman–Crippen LogP) is 2.14. The van der Waals surface area contributed by atoms with Gasteiger partial charge in [0, 0.05) is 29.9 Å². The third-order valence-corrected chi connectivity index (χ3v) is 5.67. The van der Waals surface area contributed by atoms with E-state index >= 15 is 0 Å². The largest absolute Gasteiger partial charge is 0.468 e. The molecule has 1 saturated heterocycles. The van der Waals surface area contributed by atoms with Crippen molar-refractivity contribution in [3.05, 3.63) is 41.6 Å². The number of nitrogens with one attached hydrogen (secondary N) is 1. The van der Waals surface area contributed by atoms with E-state index in [1.165, 1.54) is 12.7 Å². The van der Waals surface area contributed by atoms with Gasteiger partial charge >= 0.3 is 5.97 Å². The molecule has 1 amide bonds. The number of hydrogen-bond acceptors (Lipinski definition) is 6. The van der Waals surface area contributed by atoms with Crippen molar-refractivity contribution in [2.75, 3.05) is 31.6 Å². The van der Waals surface area contributed by atoms with Crippen LogP contribution in [0.1, 0.15) is 30.5 Å². The second kappa shape index (κ2) is 8.59. The van der Waals surface area contributed by atoms with Gasteiger partial charge in [-0.3, -0.25) is 9.59 Å². The Morgan fingerprint density at radius 1 is 1.17 bits per heavy atom. The number of piperidine rings is 1. The maximum absolute atomic E-state index is 12.5. The summed E-state index contributed by atoms with van der Waals surface area (Å²) in [7, 11) is 1.32. The van der Waals surface area contributed by atoms with Crippen LogP contribution < -0.4 is 10.2 Å². The number of methoxy groups -OCH3 is 1. The molecule has 1 aliphatic carbocycles. The maximum atomic E-state index is 12.5. The average molecular weight is 394 g/mol. The average Bonchev–Trinajstić information content (AvgIpc) is 3.26. The standard InChI is InChI=1S/C22H26N4O3/c1-29-19(27)13-23-22(28)16-9-6-12-26(14-16)21-17-10-5-11-18(17)24-20(25-21)15-7-3-2-4-8-15/h2-4,7-8,16H,5-6,9-14H2,1H3,(H,23,28)/t16-/m1/s1. The number of aromatic nitrogens is 2. The zero-order valence-electron chi connectivity index (χ0n) is 16.7. The molecule has 1 fully saturated rings. The van der Waals surface area contributed by atoms with Crippen LogP contribution in [0.2, 0.25) is 0 Å². The zero-order valence-corrected chi connectivity index (χ0v) is 16.7. The van der Waals surface area contributed by atoms with Gasteiger partial charge in [0.25, 0.3) is 0 Å². The predicted molar refractivity (Wildman–Crippen MR) is 109 cm³/mol. The first kappa shape index (κ1) is 19.4. The Bertz CT molecular complexity index is 900. The van der Waals surface area contributed by atoms with E-state index in [-0.39, 0.29) is 18.4 Å². The van der Waals surface area contributed by atoms with Gasteiger partial charge in [-0.05, 0) is 32.1 Å². The summed E-state index contributed by atoms with van der Waals surface area (Å²) in [6, 6.07) is 10.0. The molecule has 1 aromatic carbocycles. The minimum Gasteiger partial charge on any atom is -0.468 e. The minimum atomic E-state index is -0.438. The van der Waals surface area contributed by atoms with Gasteiger partial charge in [0.1, 0.15) is 12.4 Å². The molecule has 1 aliphatic heterocycles. The summed E-state index contributed by atoms with van der Waals surface area (Å²) in [6.45, 7) is 1.38. The zero-order chi connectivity index (χ0) is 20.2. The Morgan fingerprint density at radius 3 is 2.79 bits per heavy atom. The smallest absolute Gasteiger partial charge is 0.325 e. The van der Waals surface area contributed by atoms with Gasteiger partial charge in [0.15, 0.2) is 5.82 Å². The summed E-state index contributed by atoms with van der Waals surface area (Å²) in [5.74, 6) is 1.01. The highest BCUT2D eigenvalue weighted by atomic mass is 16.5. The fourth-order valence-corrected chi connectivity index (χ4v) is 4.15. The number of carbonyl (C=O) groups is 2. The number of ether oxygens (including phenoxy) is 1. The van der Waals surface area contributed by atoms with Crippen molar-refractivity contribution >= 4 is 17.7 Å². The summed E-state index contributed by atoms with van der Waals surface area (Å²) >= 11 is 0. The second-order valence-electron chi connectivity index (χ2n) is 7.59. The van der Waals surface area contributed by atoms with Gasteiger partial charge in [-0.15, -0.1) is 0 Å². The molecule has 7 heteroatoms. The van der Waals surface area contributed by atoms with E-state index in [2.05, 4.69) is 15.0 Å². The quantitative estimate of drug-likeness (QED) is 0.782. The number of fused-ring (bicyclic) bond motifs is 1. The lowest BCUT2D eigenvalue weighted by Crippen LogP contribution is -2.45. The van der Waals surface area contributed by atoms with E-state index in [4.69, 9.17) is 9.97 Å². The Labute approximate surface area is 170 Å². The van der Waals surface area contributed by atoms with Crippen molar-refractivity contribution in [1.29, 1.82) is 0 Å². The first-order valence-corrected chi connectivity index (χ1v) is 10.2. The number of esters is 1. The Balaban J connectivity index is 1.56. The van der Waals surface area contributed by atoms with Crippen LogP contribution in [-0.2, 0) is 27.2 Å². The fourth-order valence-electron chi connectivity index (χ4n) is 4.15. The van der Waals surface area contributed by atoms with Crippen molar-refractivity contribution in [3.8, 4) is 11.4 Å². The van der Waals surface area contributed by atoms with Crippen LogP contribution in [0.15, 0.2) is 30.3 Å². The van der Waals surface area contributed by atoms with Crippen LogP contribution in [-0.4, -0.2) is 48.6 Å². The highest BCUT2D eigenvalue weighted by Crippen LogP contribution is 2.33. The molecule has 0 spiro atoms. The molecule has 0 radical (unpaired) electrons. The second-order valence-corrected chi connectivity index (χ2v) is 7.59. The normalized spacial score (nSPS) is 18.2. The number of aryl methyl sites for hydroxylation is 1. The van der Waals surface area contributed by atoms with Crippen molar-refractivity contribution in [3.63, 3.8) is 0 Å². The van der Waals surface area contributed by atoms with Gasteiger partial charge in [0.2, 0.25) is 5.91 Å². The fraction of sp³-hybridized carbons (Fsp3) is 0.455. The number of hydrogen-bond donors (Lipinski definition) is 1. The Kier molecular flexibility index (Phi) is 5.74. The topological polar surface area (TPSA) is 84.4 Å². The molecular formula is C22H26N4O3. The summed E-state index contributed by atoms with van der Waals surface area (Å²) < 4.78 is 4.60. The van der Waals surface area contributed by atoms with Crippen molar-refractivity contribution < 1.29 is 14.3 Å². The monoisotopic (exact) mass is 394 g/mol. The Morgan fingerprint density at radius 2 is 2.00 bits per heavy atom. The van der Waals surface area contributed by atoms with Gasteiger partial charge in [-0.2, -0.15) is 0 Å². The van der Waals surface area contributed by atoms with Crippen LogP contribution in [0.5, 0.6) is 0 Å². The SMILES string of the molecule is COC(=O)CNC(=O)[C@@H]1CCCN(c2nc(-c3ccccc3)nc3c2CCC3)C1. The summed E-state index contributed by atoms with van der Waals surface area (Å²) in [5.41, 5.74) is 3.36. The molecule has 4 rings (SSSR count). The van der Waals surface area contributed by atoms with Crippen molar-refractivity contribution in [1.82, 2.24) is 15.3 Å². The molecule has 2 aliphatic rings. The number of nitrogens with zero attached hydrogens (tertiary/aromatic N) is 3. The molecule has 1 atom stereocenters.